The molecule has 1 aliphatic rings. The lowest BCUT2D eigenvalue weighted by atomic mass is 10.1. The average Bonchev–Trinajstić information content (AvgIpc) is 2.73. The standard InChI is InChI=1S/C20H24N4O3/c1-2-15-5-3-4-6-17(15)23-19(25)14-22-20(26)18-13-16(7-8-21-18)24-9-11-27-12-10-24/h3-8,13H,2,9-12,14H2,1H3,(H,22,26)(H,23,25). The molecule has 7 heteroatoms. The van der Waals surface area contributed by atoms with Gasteiger partial charge in [0.05, 0.1) is 19.8 Å². The van der Waals surface area contributed by atoms with Gasteiger partial charge < -0.3 is 20.3 Å². The van der Waals surface area contributed by atoms with Crippen molar-refractivity contribution in [3.8, 4) is 0 Å². The second-order valence-corrected chi connectivity index (χ2v) is 6.24. The number of nitrogens with one attached hydrogen (secondary N) is 2. The first-order chi connectivity index (χ1) is 13.2. The molecule has 7 nitrogen and oxygen atoms in total. The quantitative estimate of drug-likeness (QED) is 0.813. The van der Waals surface area contributed by atoms with Crippen LogP contribution in [0.2, 0.25) is 0 Å². The number of carbonyl (C=O) groups excluding carboxylic acids is 2. The van der Waals surface area contributed by atoms with Gasteiger partial charge in [0.25, 0.3) is 5.91 Å². The highest BCUT2D eigenvalue weighted by atomic mass is 16.5. The third-order valence-electron chi connectivity index (χ3n) is 4.43. The van der Waals surface area contributed by atoms with E-state index in [0.717, 1.165) is 36.4 Å². The highest BCUT2D eigenvalue weighted by molar-refractivity contribution is 5.99. The highest BCUT2D eigenvalue weighted by Gasteiger charge is 2.15. The second kappa shape index (κ2) is 9.14. The van der Waals surface area contributed by atoms with Crippen LogP contribution in [0.15, 0.2) is 42.6 Å². The molecule has 1 aromatic heterocycles. The first kappa shape index (κ1) is 18.8. The van der Waals surface area contributed by atoms with Gasteiger partial charge in [0.1, 0.15) is 5.69 Å². The molecule has 142 valence electrons. The Hall–Kier alpha value is -2.93. The highest BCUT2D eigenvalue weighted by Crippen LogP contribution is 2.16. The van der Waals surface area contributed by atoms with Crippen LogP contribution in [0.1, 0.15) is 23.0 Å². The fourth-order valence-electron chi connectivity index (χ4n) is 2.96. The zero-order chi connectivity index (χ0) is 19.1. The Bertz CT molecular complexity index is 803. The van der Waals surface area contributed by atoms with E-state index in [1.54, 1.807) is 12.3 Å². The van der Waals surface area contributed by atoms with Crippen LogP contribution in [0, 0.1) is 0 Å². The van der Waals surface area contributed by atoms with Gasteiger partial charge in [-0.25, -0.2) is 0 Å². The number of morpholine rings is 1. The molecule has 2 heterocycles. The molecule has 1 aliphatic heterocycles. The molecule has 0 atom stereocenters. The largest absolute Gasteiger partial charge is 0.378 e. The molecule has 0 saturated carbocycles. The molecule has 1 saturated heterocycles. The van der Waals surface area contributed by atoms with Crippen LogP contribution >= 0.6 is 0 Å². The van der Waals surface area contributed by atoms with Crippen molar-refractivity contribution in [2.75, 3.05) is 43.1 Å². The minimum absolute atomic E-state index is 0.111. The molecular weight excluding hydrogens is 344 g/mol. The summed E-state index contributed by atoms with van der Waals surface area (Å²) in [7, 11) is 0. The molecule has 3 rings (SSSR count). The molecule has 0 spiro atoms. The maximum atomic E-state index is 12.4. The number of rotatable bonds is 6. The summed E-state index contributed by atoms with van der Waals surface area (Å²) >= 11 is 0. The average molecular weight is 368 g/mol. The summed E-state index contributed by atoms with van der Waals surface area (Å²) < 4.78 is 5.35. The Kier molecular flexibility index (Phi) is 6.38. The van der Waals surface area contributed by atoms with Crippen LogP contribution in [-0.2, 0) is 16.0 Å². The normalized spacial score (nSPS) is 13.9. The van der Waals surface area contributed by atoms with Crippen LogP contribution in [-0.4, -0.2) is 49.6 Å². The Morgan fingerprint density at radius 1 is 1.19 bits per heavy atom. The Balaban J connectivity index is 1.56. The molecule has 2 amide bonds. The number of para-hydroxylation sites is 1. The van der Waals surface area contributed by atoms with Crippen molar-refractivity contribution in [1.29, 1.82) is 0 Å². The van der Waals surface area contributed by atoms with Crippen LogP contribution in [0.25, 0.3) is 0 Å². The van der Waals surface area contributed by atoms with Crippen LogP contribution in [0.5, 0.6) is 0 Å². The third kappa shape index (κ3) is 5.04. The van der Waals surface area contributed by atoms with E-state index >= 15 is 0 Å². The van der Waals surface area contributed by atoms with E-state index in [-0.39, 0.29) is 18.4 Å². The number of amides is 2. The van der Waals surface area contributed by atoms with Crippen LogP contribution in [0.3, 0.4) is 0 Å². The second-order valence-electron chi connectivity index (χ2n) is 6.24. The van der Waals surface area contributed by atoms with Gasteiger partial charge in [0.2, 0.25) is 5.91 Å². The SMILES string of the molecule is CCc1ccccc1NC(=O)CNC(=O)c1cc(N2CCOCC2)ccn1. The Morgan fingerprint density at radius 2 is 1.96 bits per heavy atom. The van der Waals surface area contributed by atoms with Crippen molar-refractivity contribution < 1.29 is 14.3 Å². The maximum Gasteiger partial charge on any atom is 0.270 e. The number of aromatic nitrogens is 1. The van der Waals surface area contributed by atoms with Crippen molar-refractivity contribution in [1.82, 2.24) is 10.3 Å². The van der Waals surface area contributed by atoms with Crippen molar-refractivity contribution >= 4 is 23.2 Å². The Morgan fingerprint density at radius 3 is 2.74 bits per heavy atom. The van der Waals surface area contributed by atoms with Gasteiger partial charge in [0, 0.05) is 30.7 Å². The van der Waals surface area contributed by atoms with Crippen molar-refractivity contribution in [3.05, 3.63) is 53.9 Å². The molecular formula is C20H24N4O3. The molecule has 2 N–H and O–H groups in total. The smallest absolute Gasteiger partial charge is 0.270 e. The number of hydrogen-bond donors (Lipinski definition) is 2. The summed E-state index contributed by atoms with van der Waals surface area (Å²) in [4.78, 5) is 30.8. The third-order valence-corrected chi connectivity index (χ3v) is 4.43. The number of ether oxygens (including phenoxy) is 1. The van der Waals surface area contributed by atoms with E-state index in [1.807, 2.05) is 37.3 Å². The van der Waals surface area contributed by atoms with Gasteiger partial charge in [-0.15, -0.1) is 0 Å². The van der Waals surface area contributed by atoms with Gasteiger partial charge >= 0.3 is 0 Å². The zero-order valence-corrected chi connectivity index (χ0v) is 15.4. The molecule has 1 aromatic carbocycles. The van der Waals surface area contributed by atoms with E-state index in [1.165, 1.54) is 0 Å². The van der Waals surface area contributed by atoms with Crippen molar-refractivity contribution in [3.63, 3.8) is 0 Å². The fraction of sp³-hybridized carbons (Fsp3) is 0.350. The number of hydrogen-bond acceptors (Lipinski definition) is 5. The minimum Gasteiger partial charge on any atom is -0.378 e. The lowest BCUT2D eigenvalue weighted by Gasteiger charge is -2.28. The number of nitrogens with zero attached hydrogens (tertiary/aromatic N) is 2. The lowest BCUT2D eigenvalue weighted by molar-refractivity contribution is -0.115. The molecule has 2 aromatic rings. The molecule has 0 bridgehead atoms. The minimum atomic E-state index is -0.371. The first-order valence-corrected chi connectivity index (χ1v) is 9.12. The number of benzene rings is 1. The van der Waals surface area contributed by atoms with Gasteiger partial charge in [-0.2, -0.15) is 0 Å². The van der Waals surface area contributed by atoms with E-state index < -0.39 is 0 Å². The van der Waals surface area contributed by atoms with Gasteiger partial charge in [-0.3, -0.25) is 14.6 Å². The predicted molar refractivity (Wildman–Crippen MR) is 104 cm³/mol. The number of carbonyl (C=O) groups is 2. The van der Waals surface area contributed by atoms with Crippen LogP contribution < -0.4 is 15.5 Å². The zero-order valence-electron chi connectivity index (χ0n) is 15.4. The summed E-state index contributed by atoms with van der Waals surface area (Å²) in [5.41, 5.74) is 3.05. The molecule has 0 aliphatic carbocycles. The van der Waals surface area contributed by atoms with Crippen LogP contribution in [0.4, 0.5) is 11.4 Å². The maximum absolute atomic E-state index is 12.4. The van der Waals surface area contributed by atoms with E-state index in [0.29, 0.717) is 18.9 Å². The monoisotopic (exact) mass is 368 g/mol. The van der Waals surface area contributed by atoms with Crippen molar-refractivity contribution in [2.24, 2.45) is 0 Å². The van der Waals surface area contributed by atoms with Gasteiger partial charge in [0.15, 0.2) is 0 Å². The van der Waals surface area contributed by atoms with E-state index in [9.17, 15) is 9.59 Å². The predicted octanol–water partition coefficient (Wildman–Crippen LogP) is 1.85. The molecule has 27 heavy (non-hydrogen) atoms. The van der Waals surface area contributed by atoms with Gasteiger partial charge in [-0.1, -0.05) is 25.1 Å². The lowest BCUT2D eigenvalue weighted by Crippen LogP contribution is -2.37. The topological polar surface area (TPSA) is 83.6 Å². The molecule has 0 radical (unpaired) electrons. The summed E-state index contributed by atoms with van der Waals surface area (Å²) in [6.45, 7) is 4.82. The van der Waals surface area contributed by atoms with Gasteiger partial charge in [-0.05, 0) is 30.2 Å². The fourth-order valence-corrected chi connectivity index (χ4v) is 2.96. The number of pyridine rings is 1. The Labute approximate surface area is 158 Å². The summed E-state index contributed by atoms with van der Waals surface area (Å²) in [5, 5.41) is 5.47. The van der Waals surface area contributed by atoms with Crippen molar-refractivity contribution in [2.45, 2.75) is 13.3 Å². The summed E-state index contributed by atoms with van der Waals surface area (Å²) in [6.07, 6.45) is 2.43. The number of aryl methyl sites for hydroxylation is 1. The van der Waals surface area contributed by atoms with E-state index in [2.05, 4.69) is 20.5 Å². The molecule has 0 unspecified atom stereocenters. The molecule has 1 fully saturated rings. The summed E-state index contributed by atoms with van der Waals surface area (Å²) in [6, 6.07) is 11.2. The first-order valence-electron chi connectivity index (χ1n) is 9.12. The number of anilines is 2. The van der Waals surface area contributed by atoms with E-state index in [4.69, 9.17) is 4.74 Å². The summed E-state index contributed by atoms with van der Waals surface area (Å²) in [5.74, 6) is -0.641.